The van der Waals surface area contributed by atoms with Crippen LogP contribution in [0.4, 0.5) is 0 Å². The van der Waals surface area contributed by atoms with E-state index in [0.717, 1.165) is 21.6 Å². The first kappa shape index (κ1) is 12.4. The summed E-state index contributed by atoms with van der Waals surface area (Å²) in [5.41, 5.74) is 7.17. The first-order valence-corrected chi connectivity index (χ1v) is 6.09. The van der Waals surface area contributed by atoms with E-state index in [1.165, 1.54) is 0 Å². The number of methoxy groups -OCH3 is 1. The summed E-state index contributed by atoms with van der Waals surface area (Å²) in [5, 5.41) is 0. The van der Waals surface area contributed by atoms with Gasteiger partial charge in [-0.1, -0.05) is 34.1 Å². The lowest BCUT2D eigenvalue weighted by Crippen LogP contribution is -2.11. The highest BCUT2D eigenvalue weighted by atomic mass is 79.9. The summed E-state index contributed by atoms with van der Waals surface area (Å²) in [6, 6.07) is 11.4. The van der Waals surface area contributed by atoms with Gasteiger partial charge in [0.2, 0.25) is 0 Å². The van der Waals surface area contributed by atoms with Gasteiger partial charge in [0.15, 0.2) is 0 Å². The van der Waals surface area contributed by atoms with Crippen molar-refractivity contribution >= 4 is 15.9 Å². The maximum atomic E-state index is 6.16. The van der Waals surface area contributed by atoms with Gasteiger partial charge in [-0.15, -0.1) is 0 Å². The van der Waals surface area contributed by atoms with Crippen molar-refractivity contribution in [1.82, 2.24) is 0 Å². The van der Waals surface area contributed by atoms with E-state index >= 15 is 0 Å². The molecule has 90 valence electrons. The van der Waals surface area contributed by atoms with Gasteiger partial charge >= 0.3 is 0 Å². The summed E-state index contributed by atoms with van der Waals surface area (Å²) < 4.78 is 11.6. The quantitative estimate of drug-likeness (QED) is 0.942. The fraction of sp³-hybridized carbons (Fsp3) is 0.231. The van der Waals surface area contributed by atoms with Crippen LogP contribution in [0.25, 0.3) is 0 Å². The molecule has 1 aromatic heterocycles. The summed E-state index contributed by atoms with van der Waals surface area (Å²) in [5.74, 6) is 1.52. The van der Waals surface area contributed by atoms with Crippen LogP contribution in [0, 0.1) is 0 Å². The molecule has 1 aromatic carbocycles. The van der Waals surface area contributed by atoms with Gasteiger partial charge in [0.25, 0.3) is 0 Å². The number of ether oxygens (including phenoxy) is 1. The molecular formula is C13H14BrNO2. The number of furan rings is 1. The number of rotatable bonds is 4. The lowest BCUT2D eigenvalue weighted by molar-refractivity contribution is 0.162. The molecule has 3 nitrogen and oxygen atoms in total. The van der Waals surface area contributed by atoms with Gasteiger partial charge in [-0.2, -0.15) is 0 Å². The van der Waals surface area contributed by atoms with E-state index in [4.69, 9.17) is 14.9 Å². The standard InChI is InChI=1S/C13H14BrNO2/c1-16-8-9-6-7-12(17-9)13(15)10-4-2-3-5-11(10)14/h2-7,13H,8,15H2,1H3. The molecule has 2 N–H and O–H groups in total. The molecule has 0 radical (unpaired) electrons. The maximum Gasteiger partial charge on any atom is 0.129 e. The van der Waals surface area contributed by atoms with Gasteiger partial charge in [-0.3, -0.25) is 0 Å². The Kier molecular flexibility index (Phi) is 3.99. The van der Waals surface area contributed by atoms with Crippen molar-refractivity contribution < 1.29 is 9.15 Å². The summed E-state index contributed by atoms with van der Waals surface area (Å²) in [6.45, 7) is 0.461. The maximum absolute atomic E-state index is 6.16. The molecule has 1 atom stereocenters. The number of halogens is 1. The van der Waals surface area contributed by atoms with Crippen LogP contribution in [-0.2, 0) is 11.3 Å². The van der Waals surface area contributed by atoms with E-state index in [1.807, 2.05) is 36.4 Å². The zero-order valence-electron chi connectivity index (χ0n) is 9.52. The van der Waals surface area contributed by atoms with Crippen LogP contribution < -0.4 is 5.73 Å². The Balaban J connectivity index is 2.24. The van der Waals surface area contributed by atoms with Gasteiger partial charge in [0, 0.05) is 11.6 Å². The molecule has 17 heavy (non-hydrogen) atoms. The van der Waals surface area contributed by atoms with Gasteiger partial charge in [0.05, 0.1) is 6.04 Å². The van der Waals surface area contributed by atoms with Crippen LogP contribution in [0.5, 0.6) is 0 Å². The Hall–Kier alpha value is -1.10. The molecule has 1 heterocycles. The lowest BCUT2D eigenvalue weighted by atomic mass is 10.1. The largest absolute Gasteiger partial charge is 0.462 e. The predicted octanol–water partition coefficient (Wildman–Crippen LogP) is 3.24. The van der Waals surface area contributed by atoms with Crippen molar-refractivity contribution in [2.24, 2.45) is 5.73 Å². The minimum Gasteiger partial charge on any atom is -0.462 e. The summed E-state index contributed by atoms with van der Waals surface area (Å²) in [6.07, 6.45) is 0. The first-order valence-electron chi connectivity index (χ1n) is 5.30. The zero-order valence-corrected chi connectivity index (χ0v) is 11.1. The fourth-order valence-corrected chi connectivity index (χ4v) is 2.19. The highest BCUT2D eigenvalue weighted by molar-refractivity contribution is 9.10. The Bertz CT molecular complexity index is 496. The molecule has 0 saturated heterocycles. The molecule has 0 bridgehead atoms. The summed E-state index contributed by atoms with van der Waals surface area (Å²) in [7, 11) is 1.63. The second kappa shape index (κ2) is 5.49. The number of nitrogens with two attached hydrogens (primary N) is 1. The SMILES string of the molecule is COCc1ccc(C(N)c2ccccc2Br)o1. The lowest BCUT2D eigenvalue weighted by Gasteiger charge is -2.11. The van der Waals surface area contributed by atoms with E-state index < -0.39 is 0 Å². The third kappa shape index (κ3) is 2.77. The molecule has 0 amide bonds. The Morgan fingerprint density at radius 2 is 2.06 bits per heavy atom. The molecule has 2 aromatic rings. The number of benzene rings is 1. The molecule has 0 saturated carbocycles. The van der Waals surface area contributed by atoms with E-state index in [-0.39, 0.29) is 6.04 Å². The molecule has 0 aliphatic rings. The van der Waals surface area contributed by atoms with Crippen LogP contribution in [-0.4, -0.2) is 7.11 Å². The molecule has 0 spiro atoms. The second-order valence-electron chi connectivity index (χ2n) is 3.74. The molecule has 0 fully saturated rings. The van der Waals surface area contributed by atoms with E-state index in [1.54, 1.807) is 7.11 Å². The van der Waals surface area contributed by atoms with Crippen molar-refractivity contribution in [2.75, 3.05) is 7.11 Å². The van der Waals surface area contributed by atoms with E-state index in [9.17, 15) is 0 Å². The normalized spacial score (nSPS) is 12.6. The molecular weight excluding hydrogens is 282 g/mol. The van der Waals surface area contributed by atoms with Gasteiger partial charge in [0.1, 0.15) is 18.1 Å². The topological polar surface area (TPSA) is 48.4 Å². The average molecular weight is 296 g/mol. The zero-order chi connectivity index (χ0) is 12.3. The average Bonchev–Trinajstić information content (AvgIpc) is 2.78. The number of hydrogen-bond donors (Lipinski definition) is 1. The van der Waals surface area contributed by atoms with E-state index in [0.29, 0.717) is 6.61 Å². The molecule has 0 aliphatic heterocycles. The minimum atomic E-state index is -0.267. The molecule has 2 rings (SSSR count). The number of hydrogen-bond acceptors (Lipinski definition) is 3. The Morgan fingerprint density at radius 1 is 1.29 bits per heavy atom. The van der Waals surface area contributed by atoms with Crippen molar-refractivity contribution in [2.45, 2.75) is 12.6 Å². The molecule has 4 heteroatoms. The third-order valence-electron chi connectivity index (χ3n) is 2.52. The summed E-state index contributed by atoms with van der Waals surface area (Å²) >= 11 is 3.49. The van der Waals surface area contributed by atoms with Crippen LogP contribution in [0.2, 0.25) is 0 Å². The van der Waals surface area contributed by atoms with Gasteiger partial charge in [-0.25, -0.2) is 0 Å². The fourth-order valence-electron chi connectivity index (χ4n) is 1.66. The molecule has 0 aliphatic carbocycles. The van der Waals surface area contributed by atoms with Gasteiger partial charge < -0.3 is 14.9 Å². The second-order valence-corrected chi connectivity index (χ2v) is 4.59. The minimum absolute atomic E-state index is 0.267. The van der Waals surface area contributed by atoms with Gasteiger partial charge in [-0.05, 0) is 23.8 Å². The van der Waals surface area contributed by atoms with Crippen molar-refractivity contribution in [1.29, 1.82) is 0 Å². The van der Waals surface area contributed by atoms with Crippen LogP contribution >= 0.6 is 15.9 Å². The van der Waals surface area contributed by atoms with Crippen LogP contribution in [0.15, 0.2) is 45.3 Å². The van der Waals surface area contributed by atoms with Crippen molar-refractivity contribution in [3.8, 4) is 0 Å². The predicted molar refractivity (Wildman–Crippen MR) is 69.6 cm³/mol. The highest BCUT2D eigenvalue weighted by Crippen LogP contribution is 2.27. The monoisotopic (exact) mass is 295 g/mol. The van der Waals surface area contributed by atoms with Crippen LogP contribution in [0.1, 0.15) is 23.1 Å². The summed E-state index contributed by atoms with van der Waals surface area (Å²) in [4.78, 5) is 0. The van der Waals surface area contributed by atoms with Crippen molar-refractivity contribution in [3.63, 3.8) is 0 Å². The third-order valence-corrected chi connectivity index (χ3v) is 3.24. The van der Waals surface area contributed by atoms with E-state index in [2.05, 4.69) is 15.9 Å². The molecule has 1 unspecified atom stereocenters. The smallest absolute Gasteiger partial charge is 0.129 e. The first-order chi connectivity index (χ1) is 8.22. The van der Waals surface area contributed by atoms with Crippen molar-refractivity contribution in [3.05, 3.63) is 58.0 Å². The highest BCUT2D eigenvalue weighted by Gasteiger charge is 2.15. The Labute approximate surface area is 109 Å². The Morgan fingerprint density at radius 3 is 2.76 bits per heavy atom. The van der Waals surface area contributed by atoms with Crippen LogP contribution in [0.3, 0.4) is 0 Å².